The maximum Gasteiger partial charge on any atom is 0.261 e. The molecule has 0 saturated heterocycles. The number of aryl methyl sites for hydroxylation is 3. The second kappa shape index (κ2) is 7.82. The predicted molar refractivity (Wildman–Crippen MR) is 93.6 cm³/mol. The zero-order valence-corrected chi connectivity index (χ0v) is 14.3. The minimum atomic E-state index is -0.472. The van der Waals surface area contributed by atoms with Crippen LogP contribution in [0, 0.1) is 20.8 Å². The zero-order chi connectivity index (χ0) is 16.8. The quantitative estimate of drug-likeness (QED) is 0.872. The lowest BCUT2D eigenvalue weighted by atomic mass is 10.1. The van der Waals surface area contributed by atoms with Crippen LogP contribution >= 0.6 is 0 Å². The molecular formula is C20H25NO2. The molecule has 0 saturated carbocycles. The SMILES string of the molecule is CCC(Oc1cc(C)cc(C)c1)C(=O)NCc1ccccc1C. The molecule has 0 aliphatic rings. The summed E-state index contributed by atoms with van der Waals surface area (Å²) in [5.74, 6) is 0.676. The molecule has 23 heavy (non-hydrogen) atoms. The number of carbonyl (C=O) groups is 1. The first kappa shape index (κ1) is 17.1. The molecule has 1 amide bonds. The Morgan fingerprint density at radius 1 is 1.09 bits per heavy atom. The lowest BCUT2D eigenvalue weighted by Gasteiger charge is -2.18. The molecule has 0 spiro atoms. The first-order chi connectivity index (χ1) is 11.0. The van der Waals surface area contributed by atoms with Gasteiger partial charge in [-0.1, -0.05) is 37.3 Å². The number of hydrogen-bond donors (Lipinski definition) is 1. The third-order valence-corrected chi connectivity index (χ3v) is 3.85. The lowest BCUT2D eigenvalue weighted by Crippen LogP contribution is -2.37. The fraction of sp³-hybridized carbons (Fsp3) is 0.350. The summed E-state index contributed by atoms with van der Waals surface area (Å²) >= 11 is 0. The van der Waals surface area contributed by atoms with E-state index in [9.17, 15) is 4.79 Å². The second-order valence-electron chi connectivity index (χ2n) is 5.98. The van der Waals surface area contributed by atoms with Gasteiger partial charge in [-0.15, -0.1) is 0 Å². The van der Waals surface area contributed by atoms with Gasteiger partial charge in [0.05, 0.1) is 0 Å². The molecule has 0 fully saturated rings. The van der Waals surface area contributed by atoms with E-state index in [0.29, 0.717) is 13.0 Å². The van der Waals surface area contributed by atoms with Crippen LogP contribution in [0.25, 0.3) is 0 Å². The molecule has 0 aromatic heterocycles. The van der Waals surface area contributed by atoms with Gasteiger partial charge in [0.2, 0.25) is 0 Å². The van der Waals surface area contributed by atoms with Gasteiger partial charge in [-0.2, -0.15) is 0 Å². The van der Waals surface area contributed by atoms with Gasteiger partial charge in [0.15, 0.2) is 6.10 Å². The van der Waals surface area contributed by atoms with Crippen LogP contribution in [0.2, 0.25) is 0 Å². The van der Waals surface area contributed by atoms with Crippen molar-refractivity contribution in [2.24, 2.45) is 0 Å². The molecule has 1 unspecified atom stereocenters. The third kappa shape index (κ3) is 4.85. The van der Waals surface area contributed by atoms with Gasteiger partial charge < -0.3 is 10.1 Å². The van der Waals surface area contributed by atoms with Crippen molar-refractivity contribution in [3.05, 3.63) is 64.7 Å². The Morgan fingerprint density at radius 2 is 1.74 bits per heavy atom. The smallest absolute Gasteiger partial charge is 0.261 e. The normalized spacial score (nSPS) is 11.8. The molecule has 2 aromatic carbocycles. The Labute approximate surface area is 138 Å². The number of rotatable bonds is 6. The Balaban J connectivity index is 1.99. The standard InChI is InChI=1S/C20H25NO2/c1-5-19(23-18-11-14(2)10-15(3)12-18)20(22)21-13-17-9-7-6-8-16(17)4/h6-12,19H,5,13H2,1-4H3,(H,21,22). The van der Waals surface area contributed by atoms with Crippen LogP contribution in [0.3, 0.4) is 0 Å². The minimum Gasteiger partial charge on any atom is -0.481 e. The Hall–Kier alpha value is -2.29. The van der Waals surface area contributed by atoms with Gasteiger partial charge >= 0.3 is 0 Å². The van der Waals surface area contributed by atoms with Crippen LogP contribution in [-0.4, -0.2) is 12.0 Å². The van der Waals surface area contributed by atoms with Gasteiger partial charge in [0.25, 0.3) is 5.91 Å². The first-order valence-corrected chi connectivity index (χ1v) is 8.06. The minimum absolute atomic E-state index is 0.0742. The number of hydrogen-bond acceptors (Lipinski definition) is 2. The lowest BCUT2D eigenvalue weighted by molar-refractivity contribution is -0.128. The molecule has 0 heterocycles. The first-order valence-electron chi connectivity index (χ1n) is 8.06. The maximum atomic E-state index is 12.4. The molecular weight excluding hydrogens is 286 g/mol. The predicted octanol–water partition coefficient (Wildman–Crippen LogP) is 4.09. The van der Waals surface area contributed by atoms with Crippen LogP contribution in [0.1, 0.15) is 35.6 Å². The fourth-order valence-electron chi connectivity index (χ4n) is 2.59. The molecule has 0 bridgehead atoms. The summed E-state index contributed by atoms with van der Waals surface area (Å²) in [4.78, 5) is 12.4. The Morgan fingerprint density at radius 3 is 2.35 bits per heavy atom. The van der Waals surface area contributed by atoms with Crippen molar-refractivity contribution in [1.82, 2.24) is 5.32 Å². The van der Waals surface area contributed by atoms with Crippen molar-refractivity contribution < 1.29 is 9.53 Å². The zero-order valence-electron chi connectivity index (χ0n) is 14.3. The van der Waals surface area contributed by atoms with Gasteiger partial charge in [-0.05, 0) is 61.6 Å². The average Bonchev–Trinajstić information content (AvgIpc) is 2.50. The topological polar surface area (TPSA) is 38.3 Å². The molecule has 3 nitrogen and oxygen atoms in total. The van der Waals surface area contributed by atoms with Crippen LogP contribution in [-0.2, 0) is 11.3 Å². The maximum absolute atomic E-state index is 12.4. The van der Waals surface area contributed by atoms with E-state index in [4.69, 9.17) is 4.74 Å². The second-order valence-corrected chi connectivity index (χ2v) is 5.98. The number of benzene rings is 2. The number of amides is 1. The largest absolute Gasteiger partial charge is 0.481 e. The highest BCUT2D eigenvalue weighted by molar-refractivity contribution is 5.81. The molecule has 0 aliphatic heterocycles. The van der Waals surface area contributed by atoms with Crippen molar-refractivity contribution in [3.63, 3.8) is 0 Å². The summed E-state index contributed by atoms with van der Waals surface area (Å²) in [5.41, 5.74) is 4.57. The van der Waals surface area contributed by atoms with E-state index in [1.165, 1.54) is 5.56 Å². The molecule has 2 aromatic rings. The van der Waals surface area contributed by atoms with Gasteiger partial charge in [-0.25, -0.2) is 0 Å². The summed E-state index contributed by atoms with van der Waals surface area (Å²) in [6.45, 7) is 8.59. The summed E-state index contributed by atoms with van der Waals surface area (Å²) in [5, 5.41) is 2.98. The summed E-state index contributed by atoms with van der Waals surface area (Å²) < 4.78 is 5.89. The Bertz CT molecular complexity index is 659. The highest BCUT2D eigenvalue weighted by Gasteiger charge is 2.18. The van der Waals surface area contributed by atoms with E-state index in [2.05, 4.69) is 11.4 Å². The number of ether oxygens (including phenoxy) is 1. The van der Waals surface area contributed by atoms with Crippen molar-refractivity contribution in [3.8, 4) is 5.75 Å². The van der Waals surface area contributed by atoms with E-state index in [-0.39, 0.29) is 5.91 Å². The summed E-state index contributed by atoms with van der Waals surface area (Å²) in [6, 6.07) is 14.1. The Kier molecular flexibility index (Phi) is 5.80. The van der Waals surface area contributed by atoms with E-state index in [1.807, 2.05) is 64.1 Å². The third-order valence-electron chi connectivity index (χ3n) is 3.85. The van der Waals surface area contributed by atoms with Crippen molar-refractivity contribution >= 4 is 5.91 Å². The number of nitrogens with one attached hydrogen (secondary N) is 1. The van der Waals surface area contributed by atoms with Crippen molar-refractivity contribution in [1.29, 1.82) is 0 Å². The molecule has 1 N–H and O–H groups in total. The fourth-order valence-corrected chi connectivity index (χ4v) is 2.59. The van der Waals surface area contributed by atoms with Crippen LogP contribution in [0.15, 0.2) is 42.5 Å². The highest BCUT2D eigenvalue weighted by Crippen LogP contribution is 2.18. The van der Waals surface area contributed by atoms with Gasteiger partial charge in [0, 0.05) is 6.54 Å². The van der Waals surface area contributed by atoms with Crippen molar-refractivity contribution in [2.45, 2.75) is 46.8 Å². The summed E-state index contributed by atoms with van der Waals surface area (Å²) in [7, 11) is 0. The average molecular weight is 311 g/mol. The molecule has 3 heteroatoms. The molecule has 0 aliphatic carbocycles. The van der Waals surface area contributed by atoms with Crippen LogP contribution in [0.5, 0.6) is 5.75 Å². The monoisotopic (exact) mass is 311 g/mol. The molecule has 0 radical (unpaired) electrons. The van der Waals surface area contributed by atoms with Crippen molar-refractivity contribution in [2.75, 3.05) is 0 Å². The van der Waals surface area contributed by atoms with E-state index in [0.717, 1.165) is 22.4 Å². The summed E-state index contributed by atoms with van der Waals surface area (Å²) in [6.07, 6.45) is 0.160. The van der Waals surface area contributed by atoms with Crippen LogP contribution in [0.4, 0.5) is 0 Å². The highest BCUT2D eigenvalue weighted by atomic mass is 16.5. The molecule has 1 atom stereocenters. The number of carbonyl (C=O) groups excluding carboxylic acids is 1. The van der Waals surface area contributed by atoms with Gasteiger partial charge in [-0.3, -0.25) is 4.79 Å². The van der Waals surface area contributed by atoms with Crippen LogP contribution < -0.4 is 10.1 Å². The van der Waals surface area contributed by atoms with E-state index in [1.54, 1.807) is 0 Å². The van der Waals surface area contributed by atoms with E-state index >= 15 is 0 Å². The van der Waals surface area contributed by atoms with Gasteiger partial charge in [0.1, 0.15) is 5.75 Å². The van der Waals surface area contributed by atoms with E-state index < -0.39 is 6.10 Å². The molecule has 2 rings (SSSR count). The molecule has 122 valence electrons.